The Morgan fingerprint density at radius 2 is 1.54 bits per heavy atom. The molecule has 0 spiro atoms. The minimum Gasteiger partial charge on any atom is -0.422 e. The first-order valence-corrected chi connectivity index (χ1v) is 9.19. The number of hydrogen-bond acceptors (Lipinski definition) is 2. The quantitative estimate of drug-likeness (QED) is 0.223. The number of rotatable bonds is 1. The lowest BCUT2D eigenvalue weighted by molar-refractivity contribution is 0.560. The van der Waals surface area contributed by atoms with Gasteiger partial charge in [0.15, 0.2) is 0 Å². The summed E-state index contributed by atoms with van der Waals surface area (Å²) in [5.41, 5.74) is 2.84. The zero-order chi connectivity index (χ0) is 18.6. The van der Waals surface area contributed by atoms with Gasteiger partial charge in [0.2, 0.25) is 0 Å². The lowest BCUT2D eigenvalue weighted by Gasteiger charge is -2.19. The van der Waals surface area contributed by atoms with E-state index in [-0.39, 0.29) is 11.0 Å². The highest BCUT2D eigenvalue weighted by Gasteiger charge is 2.16. The van der Waals surface area contributed by atoms with Crippen molar-refractivity contribution in [3.8, 4) is 0 Å². The van der Waals surface area contributed by atoms with Gasteiger partial charge in [0.05, 0.1) is 5.39 Å². The molecule has 1 heterocycles. The predicted molar refractivity (Wildman–Crippen MR) is 110 cm³/mol. The van der Waals surface area contributed by atoms with Crippen molar-refractivity contribution in [3.05, 3.63) is 70.1 Å². The van der Waals surface area contributed by atoms with Crippen LogP contribution in [0.1, 0.15) is 51.7 Å². The van der Waals surface area contributed by atoms with Gasteiger partial charge >= 0.3 is 5.63 Å². The van der Waals surface area contributed by atoms with Crippen molar-refractivity contribution in [3.63, 3.8) is 0 Å². The van der Waals surface area contributed by atoms with Crippen LogP contribution in [0, 0.1) is 0 Å². The molecule has 4 aromatic rings. The van der Waals surface area contributed by atoms with Crippen LogP contribution in [0.25, 0.3) is 32.5 Å². The van der Waals surface area contributed by atoms with Crippen LogP contribution in [0.5, 0.6) is 0 Å². The number of hydrogen-bond donors (Lipinski definition) is 0. The largest absolute Gasteiger partial charge is 0.422 e. The summed E-state index contributed by atoms with van der Waals surface area (Å²) in [7, 11) is 0. The van der Waals surface area contributed by atoms with Crippen LogP contribution in [0.3, 0.4) is 0 Å². The van der Waals surface area contributed by atoms with Gasteiger partial charge in [-0.05, 0) is 51.4 Å². The van der Waals surface area contributed by atoms with Crippen molar-refractivity contribution >= 4 is 32.5 Å². The third kappa shape index (κ3) is 2.70. The van der Waals surface area contributed by atoms with Crippen molar-refractivity contribution in [2.45, 2.75) is 46.0 Å². The Morgan fingerprint density at radius 3 is 2.23 bits per heavy atom. The van der Waals surface area contributed by atoms with Crippen molar-refractivity contribution in [2.75, 3.05) is 0 Å². The molecule has 26 heavy (non-hydrogen) atoms. The van der Waals surface area contributed by atoms with E-state index in [1.54, 1.807) is 0 Å². The SMILES string of the molecule is CC(C)c1ccc2cc3c(cc2c1)c(=O)oc1cc(C(C)(C)C)ccc13. The fourth-order valence-electron chi connectivity index (χ4n) is 3.52. The van der Waals surface area contributed by atoms with Gasteiger partial charge in [0, 0.05) is 10.8 Å². The average molecular weight is 344 g/mol. The summed E-state index contributed by atoms with van der Waals surface area (Å²) < 4.78 is 5.68. The van der Waals surface area contributed by atoms with Crippen LogP contribution in [0.15, 0.2) is 57.7 Å². The van der Waals surface area contributed by atoms with Gasteiger partial charge in [-0.1, -0.05) is 65.0 Å². The number of benzene rings is 3. The Bertz CT molecular complexity index is 1200. The van der Waals surface area contributed by atoms with E-state index in [0.29, 0.717) is 16.9 Å². The molecule has 132 valence electrons. The fourth-order valence-corrected chi connectivity index (χ4v) is 3.52. The molecular formula is C24H24O2. The van der Waals surface area contributed by atoms with Crippen molar-refractivity contribution < 1.29 is 4.42 Å². The second-order valence-corrected chi connectivity index (χ2v) is 8.51. The van der Waals surface area contributed by atoms with Gasteiger partial charge in [0.1, 0.15) is 5.58 Å². The molecule has 0 saturated carbocycles. The summed E-state index contributed by atoms with van der Waals surface area (Å²) in [4.78, 5) is 12.6. The molecule has 0 aliphatic rings. The summed E-state index contributed by atoms with van der Waals surface area (Å²) in [6, 6.07) is 16.8. The zero-order valence-electron chi connectivity index (χ0n) is 16.0. The van der Waals surface area contributed by atoms with Crippen LogP contribution in [-0.2, 0) is 5.41 Å². The highest BCUT2D eigenvalue weighted by molar-refractivity contribution is 6.09. The highest BCUT2D eigenvalue weighted by Crippen LogP contribution is 2.32. The minimum absolute atomic E-state index is 0.0122. The van der Waals surface area contributed by atoms with Gasteiger partial charge in [0.25, 0.3) is 0 Å². The molecule has 0 N–H and O–H groups in total. The first kappa shape index (κ1) is 16.8. The molecule has 0 aliphatic heterocycles. The highest BCUT2D eigenvalue weighted by atomic mass is 16.4. The maximum atomic E-state index is 12.6. The normalized spacial score (nSPS) is 12.5. The molecule has 0 unspecified atom stereocenters. The van der Waals surface area contributed by atoms with Gasteiger partial charge in [-0.3, -0.25) is 0 Å². The minimum atomic E-state index is -0.268. The summed E-state index contributed by atoms with van der Waals surface area (Å²) >= 11 is 0. The van der Waals surface area contributed by atoms with E-state index in [1.807, 2.05) is 12.1 Å². The van der Waals surface area contributed by atoms with Crippen molar-refractivity contribution in [1.29, 1.82) is 0 Å². The van der Waals surface area contributed by atoms with E-state index in [0.717, 1.165) is 27.1 Å². The van der Waals surface area contributed by atoms with Crippen LogP contribution < -0.4 is 5.63 Å². The number of fused-ring (bicyclic) bond motifs is 4. The maximum Gasteiger partial charge on any atom is 0.344 e. The first-order chi connectivity index (χ1) is 12.2. The third-order valence-electron chi connectivity index (χ3n) is 5.23. The Morgan fingerprint density at radius 1 is 0.808 bits per heavy atom. The predicted octanol–water partition coefficient (Wildman–Crippen LogP) is 6.52. The molecule has 2 heteroatoms. The molecule has 2 nitrogen and oxygen atoms in total. The molecule has 0 fully saturated rings. The van der Waals surface area contributed by atoms with E-state index >= 15 is 0 Å². The van der Waals surface area contributed by atoms with Crippen LogP contribution in [-0.4, -0.2) is 0 Å². The van der Waals surface area contributed by atoms with Crippen LogP contribution >= 0.6 is 0 Å². The lowest BCUT2D eigenvalue weighted by atomic mass is 9.86. The Labute approximate surface area is 153 Å². The third-order valence-corrected chi connectivity index (χ3v) is 5.23. The summed E-state index contributed by atoms with van der Waals surface area (Å²) in [5, 5.41) is 4.83. The molecule has 3 aromatic carbocycles. The first-order valence-electron chi connectivity index (χ1n) is 9.19. The van der Waals surface area contributed by atoms with Crippen molar-refractivity contribution in [1.82, 2.24) is 0 Å². The second kappa shape index (κ2) is 5.70. The molecule has 0 amide bonds. The van der Waals surface area contributed by atoms with E-state index in [9.17, 15) is 4.79 Å². The lowest BCUT2D eigenvalue weighted by Crippen LogP contribution is -2.11. The summed E-state index contributed by atoms with van der Waals surface area (Å²) in [5.74, 6) is 0.457. The van der Waals surface area contributed by atoms with Gasteiger partial charge in [-0.25, -0.2) is 4.79 Å². The summed E-state index contributed by atoms with van der Waals surface area (Å²) in [6.07, 6.45) is 0. The molecule has 0 atom stereocenters. The summed E-state index contributed by atoms with van der Waals surface area (Å²) in [6.45, 7) is 10.8. The van der Waals surface area contributed by atoms with Gasteiger partial charge < -0.3 is 4.42 Å². The molecular weight excluding hydrogens is 320 g/mol. The maximum absolute atomic E-state index is 12.6. The second-order valence-electron chi connectivity index (χ2n) is 8.51. The van der Waals surface area contributed by atoms with Gasteiger partial charge in [-0.15, -0.1) is 0 Å². The van der Waals surface area contributed by atoms with E-state index in [4.69, 9.17) is 4.42 Å². The fraction of sp³-hybridized carbons (Fsp3) is 0.292. The molecule has 4 rings (SSSR count). The van der Waals surface area contributed by atoms with E-state index < -0.39 is 0 Å². The standard InChI is InChI=1S/C24H24O2/c1-14(2)15-6-7-16-11-20-19-9-8-18(24(3,4)5)13-22(19)26-23(25)21(20)12-17(16)10-15/h6-14H,1-5H3. The van der Waals surface area contributed by atoms with Crippen LogP contribution in [0.2, 0.25) is 0 Å². The Hall–Kier alpha value is -2.61. The molecule has 0 saturated heterocycles. The molecule has 1 aromatic heterocycles. The smallest absolute Gasteiger partial charge is 0.344 e. The monoisotopic (exact) mass is 344 g/mol. The zero-order valence-corrected chi connectivity index (χ0v) is 16.0. The topological polar surface area (TPSA) is 30.2 Å². The Kier molecular flexibility index (Phi) is 3.69. The van der Waals surface area contributed by atoms with Gasteiger partial charge in [-0.2, -0.15) is 0 Å². The Balaban J connectivity index is 2.06. The average Bonchev–Trinajstić information content (AvgIpc) is 2.58. The van der Waals surface area contributed by atoms with Crippen molar-refractivity contribution in [2.24, 2.45) is 0 Å². The van der Waals surface area contributed by atoms with Crippen LogP contribution in [0.4, 0.5) is 0 Å². The molecule has 0 aliphatic carbocycles. The molecule has 0 radical (unpaired) electrons. The molecule has 0 bridgehead atoms. The van der Waals surface area contributed by atoms with E-state index in [1.165, 1.54) is 5.56 Å². The van der Waals surface area contributed by atoms with E-state index in [2.05, 4.69) is 71.0 Å².